The SMILES string of the molecule is COC(=O)Cc1cc(C#N)c(C(F)F)c(I)n1. The Morgan fingerprint density at radius 2 is 2.35 bits per heavy atom. The smallest absolute Gasteiger partial charge is 0.311 e. The molecule has 0 aliphatic heterocycles. The summed E-state index contributed by atoms with van der Waals surface area (Å²) in [5.74, 6) is -0.540. The van der Waals surface area contributed by atoms with Crippen molar-refractivity contribution in [2.24, 2.45) is 0 Å². The summed E-state index contributed by atoms with van der Waals surface area (Å²) in [6, 6.07) is 2.85. The standard InChI is InChI=1S/C10H7F2IN2O2/c1-17-7(16)3-6-2-5(4-14)8(9(11)12)10(13)15-6/h2,9H,3H2,1H3. The van der Waals surface area contributed by atoms with E-state index in [0.29, 0.717) is 0 Å². The Kier molecular flexibility index (Phi) is 4.74. The van der Waals surface area contributed by atoms with Gasteiger partial charge in [0.25, 0.3) is 6.43 Å². The number of aromatic nitrogens is 1. The third kappa shape index (κ3) is 3.33. The van der Waals surface area contributed by atoms with Crippen molar-refractivity contribution in [3.63, 3.8) is 0 Å². The molecule has 0 radical (unpaired) electrons. The van der Waals surface area contributed by atoms with Gasteiger partial charge < -0.3 is 4.74 Å². The molecule has 0 bridgehead atoms. The first-order valence-electron chi connectivity index (χ1n) is 4.44. The maximum absolute atomic E-state index is 12.6. The molecular weight excluding hydrogens is 345 g/mol. The number of nitrogens with zero attached hydrogens (tertiary/aromatic N) is 2. The van der Waals surface area contributed by atoms with Gasteiger partial charge in [0.1, 0.15) is 3.70 Å². The highest BCUT2D eigenvalue weighted by Crippen LogP contribution is 2.27. The van der Waals surface area contributed by atoms with Crippen LogP contribution in [0.3, 0.4) is 0 Å². The van der Waals surface area contributed by atoms with Gasteiger partial charge in [0.2, 0.25) is 0 Å². The van der Waals surface area contributed by atoms with Gasteiger partial charge in [0.05, 0.1) is 36.4 Å². The Morgan fingerprint density at radius 3 is 2.82 bits per heavy atom. The van der Waals surface area contributed by atoms with Crippen LogP contribution in [0.4, 0.5) is 8.78 Å². The number of pyridine rings is 1. The minimum Gasteiger partial charge on any atom is -0.469 e. The molecule has 0 aromatic carbocycles. The van der Waals surface area contributed by atoms with Gasteiger partial charge in [-0.1, -0.05) is 0 Å². The summed E-state index contributed by atoms with van der Waals surface area (Å²) in [4.78, 5) is 14.9. The van der Waals surface area contributed by atoms with E-state index in [1.807, 2.05) is 0 Å². The first-order valence-corrected chi connectivity index (χ1v) is 5.51. The quantitative estimate of drug-likeness (QED) is 0.475. The molecule has 4 nitrogen and oxygen atoms in total. The highest BCUT2D eigenvalue weighted by molar-refractivity contribution is 14.1. The number of methoxy groups -OCH3 is 1. The number of alkyl halides is 2. The fraction of sp³-hybridized carbons (Fsp3) is 0.300. The number of esters is 1. The van der Waals surface area contributed by atoms with E-state index in [9.17, 15) is 13.6 Å². The van der Waals surface area contributed by atoms with Crippen LogP contribution in [0.5, 0.6) is 0 Å². The van der Waals surface area contributed by atoms with E-state index < -0.39 is 18.0 Å². The first-order chi connectivity index (χ1) is 7.99. The van der Waals surface area contributed by atoms with Crippen molar-refractivity contribution < 1.29 is 18.3 Å². The molecule has 17 heavy (non-hydrogen) atoms. The Morgan fingerprint density at radius 1 is 1.71 bits per heavy atom. The zero-order chi connectivity index (χ0) is 13.0. The molecule has 1 aromatic heterocycles. The second kappa shape index (κ2) is 5.86. The maximum Gasteiger partial charge on any atom is 0.311 e. The van der Waals surface area contributed by atoms with Crippen LogP contribution in [0.15, 0.2) is 6.07 Å². The highest BCUT2D eigenvalue weighted by atomic mass is 127. The van der Waals surface area contributed by atoms with Crippen LogP contribution in [-0.4, -0.2) is 18.1 Å². The van der Waals surface area contributed by atoms with Gasteiger partial charge in [-0.2, -0.15) is 5.26 Å². The molecule has 90 valence electrons. The molecule has 0 N–H and O–H groups in total. The number of rotatable bonds is 3. The summed E-state index contributed by atoms with van der Waals surface area (Å²) in [7, 11) is 1.21. The van der Waals surface area contributed by atoms with Crippen molar-refractivity contribution in [3.8, 4) is 6.07 Å². The zero-order valence-corrected chi connectivity index (χ0v) is 10.9. The van der Waals surface area contributed by atoms with Crippen LogP contribution < -0.4 is 0 Å². The van der Waals surface area contributed by atoms with Crippen molar-refractivity contribution in [1.82, 2.24) is 4.98 Å². The van der Waals surface area contributed by atoms with E-state index in [0.717, 1.165) is 0 Å². The van der Waals surface area contributed by atoms with Crippen LogP contribution in [0.1, 0.15) is 23.2 Å². The summed E-state index contributed by atoms with van der Waals surface area (Å²) < 4.78 is 29.8. The van der Waals surface area contributed by atoms with Crippen LogP contribution in [-0.2, 0) is 16.0 Å². The predicted molar refractivity (Wildman–Crippen MR) is 62.3 cm³/mol. The lowest BCUT2D eigenvalue weighted by molar-refractivity contribution is -0.139. The van der Waals surface area contributed by atoms with Crippen LogP contribution in [0.2, 0.25) is 0 Å². The fourth-order valence-corrected chi connectivity index (χ4v) is 2.02. The second-order valence-corrected chi connectivity index (χ2v) is 4.05. The van der Waals surface area contributed by atoms with Gasteiger partial charge >= 0.3 is 5.97 Å². The van der Waals surface area contributed by atoms with Crippen molar-refractivity contribution >= 4 is 28.6 Å². The number of nitriles is 1. The van der Waals surface area contributed by atoms with Crippen LogP contribution in [0.25, 0.3) is 0 Å². The molecule has 7 heteroatoms. The average Bonchev–Trinajstić information content (AvgIpc) is 2.27. The van der Waals surface area contributed by atoms with Crippen LogP contribution in [0, 0.1) is 15.0 Å². The molecule has 0 unspecified atom stereocenters. The molecule has 0 amide bonds. The molecule has 1 heterocycles. The molecule has 0 saturated carbocycles. The van der Waals surface area contributed by atoms with Gasteiger partial charge in [-0.3, -0.25) is 4.79 Å². The number of carbonyl (C=O) groups is 1. The largest absolute Gasteiger partial charge is 0.469 e. The van der Waals surface area contributed by atoms with Crippen molar-refractivity contribution in [2.75, 3.05) is 7.11 Å². The highest BCUT2D eigenvalue weighted by Gasteiger charge is 2.20. The number of carbonyl (C=O) groups excluding carboxylic acids is 1. The van der Waals surface area contributed by atoms with E-state index >= 15 is 0 Å². The Balaban J connectivity index is 3.19. The lowest BCUT2D eigenvalue weighted by Gasteiger charge is -2.07. The second-order valence-electron chi connectivity index (χ2n) is 3.03. The predicted octanol–water partition coefficient (Wildman–Crippen LogP) is 2.21. The molecule has 0 fully saturated rings. The fourth-order valence-electron chi connectivity index (χ4n) is 1.18. The van der Waals surface area contributed by atoms with E-state index in [1.54, 1.807) is 28.7 Å². The van der Waals surface area contributed by atoms with E-state index in [2.05, 4.69) is 9.72 Å². The molecule has 1 aromatic rings. The van der Waals surface area contributed by atoms with E-state index in [-0.39, 0.29) is 21.4 Å². The van der Waals surface area contributed by atoms with Crippen molar-refractivity contribution in [1.29, 1.82) is 5.26 Å². The minimum atomic E-state index is -2.77. The summed E-state index contributed by atoms with van der Waals surface area (Å²) in [5.41, 5.74) is -0.331. The van der Waals surface area contributed by atoms with E-state index in [1.165, 1.54) is 13.2 Å². The van der Waals surface area contributed by atoms with Gasteiger partial charge in [-0.15, -0.1) is 0 Å². The monoisotopic (exact) mass is 352 g/mol. The van der Waals surface area contributed by atoms with Gasteiger partial charge in [0.15, 0.2) is 0 Å². The first kappa shape index (κ1) is 13.8. The normalized spacial score (nSPS) is 10.1. The molecule has 0 spiro atoms. The zero-order valence-electron chi connectivity index (χ0n) is 8.71. The van der Waals surface area contributed by atoms with E-state index in [4.69, 9.17) is 5.26 Å². The lowest BCUT2D eigenvalue weighted by Crippen LogP contribution is -2.09. The van der Waals surface area contributed by atoms with Gasteiger partial charge in [0, 0.05) is 0 Å². The molecule has 0 aliphatic carbocycles. The molecule has 0 atom stereocenters. The summed E-state index contributed by atoms with van der Waals surface area (Å²) in [5, 5.41) is 8.78. The van der Waals surface area contributed by atoms with Crippen molar-refractivity contribution in [2.45, 2.75) is 12.8 Å². The third-order valence-corrected chi connectivity index (χ3v) is 2.78. The average molecular weight is 352 g/mol. The van der Waals surface area contributed by atoms with Gasteiger partial charge in [-0.05, 0) is 28.7 Å². The Labute approximate surface area is 110 Å². The number of ether oxygens (including phenoxy) is 1. The molecule has 1 rings (SSSR count). The summed E-state index contributed by atoms with van der Waals surface area (Å²) >= 11 is 1.61. The Hall–Kier alpha value is -1.30. The van der Waals surface area contributed by atoms with Crippen molar-refractivity contribution in [3.05, 3.63) is 26.6 Å². The lowest BCUT2D eigenvalue weighted by atomic mass is 10.1. The Bertz CT molecular complexity index is 486. The summed E-state index contributed by atoms with van der Waals surface area (Å²) in [6.07, 6.45) is -2.92. The minimum absolute atomic E-state index is 0.0237. The molecular formula is C10H7F2IN2O2. The van der Waals surface area contributed by atoms with Gasteiger partial charge in [-0.25, -0.2) is 13.8 Å². The topological polar surface area (TPSA) is 63.0 Å². The number of hydrogen-bond donors (Lipinski definition) is 0. The molecule has 0 saturated heterocycles. The number of hydrogen-bond acceptors (Lipinski definition) is 4. The maximum atomic E-state index is 12.6. The molecule has 0 aliphatic rings. The third-order valence-electron chi connectivity index (χ3n) is 1.96. The summed E-state index contributed by atoms with van der Waals surface area (Å²) in [6.45, 7) is 0. The van der Waals surface area contributed by atoms with Crippen LogP contribution >= 0.6 is 22.6 Å². The number of halogens is 3.